The van der Waals surface area contributed by atoms with Crippen molar-refractivity contribution < 1.29 is 9.50 Å². The first-order valence-electron chi connectivity index (χ1n) is 9.43. The second-order valence-corrected chi connectivity index (χ2v) is 8.61. The van der Waals surface area contributed by atoms with Crippen molar-refractivity contribution in [1.29, 1.82) is 0 Å². The fourth-order valence-corrected chi connectivity index (χ4v) is 4.88. The van der Waals surface area contributed by atoms with Gasteiger partial charge >= 0.3 is 0 Å². The molecule has 0 spiro atoms. The number of aromatic nitrogens is 3. The summed E-state index contributed by atoms with van der Waals surface area (Å²) in [5.74, 6) is -0.580. The van der Waals surface area contributed by atoms with Crippen molar-refractivity contribution in [3.8, 4) is 11.4 Å². The molecular weight excluding hydrogens is 365 g/mol. The van der Waals surface area contributed by atoms with Crippen LogP contribution in [-0.4, -0.2) is 49.9 Å². The van der Waals surface area contributed by atoms with E-state index in [9.17, 15) is 9.50 Å². The molecule has 5 rings (SSSR count). The molecule has 0 radical (unpaired) electrons. The van der Waals surface area contributed by atoms with E-state index in [0.717, 1.165) is 28.5 Å². The van der Waals surface area contributed by atoms with Gasteiger partial charge in [-0.05, 0) is 50.8 Å². The molecule has 1 atom stereocenters. The Kier molecular flexibility index (Phi) is 4.05. The van der Waals surface area contributed by atoms with Gasteiger partial charge in [-0.2, -0.15) is 4.98 Å². The quantitative estimate of drug-likeness (QED) is 0.715. The Morgan fingerprint density at radius 1 is 1.30 bits per heavy atom. The topological polar surface area (TPSA) is 66.2 Å². The van der Waals surface area contributed by atoms with Gasteiger partial charge in [0.1, 0.15) is 17.3 Å². The van der Waals surface area contributed by atoms with Gasteiger partial charge in [0.25, 0.3) is 0 Å². The lowest BCUT2D eigenvalue weighted by Gasteiger charge is -2.33. The zero-order chi connectivity index (χ0) is 18.5. The number of nitrogens with one attached hydrogen (secondary N) is 1. The minimum atomic E-state index is -0.458. The highest BCUT2D eigenvalue weighted by Crippen LogP contribution is 2.33. The second kappa shape index (κ2) is 6.45. The maximum Gasteiger partial charge on any atom is 0.194 e. The average Bonchev–Trinajstić information content (AvgIpc) is 3.29. The van der Waals surface area contributed by atoms with Crippen LogP contribution < -0.4 is 5.32 Å². The van der Waals surface area contributed by atoms with Crippen LogP contribution in [0.25, 0.3) is 16.0 Å². The third-order valence-electron chi connectivity index (χ3n) is 5.39. The maximum absolute atomic E-state index is 13.4. The molecule has 3 aromatic rings. The summed E-state index contributed by atoms with van der Waals surface area (Å²) >= 11 is 1.57. The summed E-state index contributed by atoms with van der Waals surface area (Å²) in [5.41, 5.74) is 1.76. The second-order valence-electron chi connectivity index (χ2n) is 7.58. The molecule has 1 aliphatic carbocycles. The lowest BCUT2D eigenvalue weighted by Crippen LogP contribution is -2.43. The molecule has 0 unspecified atom stereocenters. The summed E-state index contributed by atoms with van der Waals surface area (Å²) in [4.78, 5) is 7.21. The molecular formula is C19H22FN5OS. The number of rotatable bonds is 4. The molecule has 0 amide bonds. The Balaban J connectivity index is 1.36. The molecule has 27 heavy (non-hydrogen) atoms. The van der Waals surface area contributed by atoms with Crippen LogP contribution in [0.3, 0.4) is 0 Å². The van der Waals surface area contributed by atoms with Crippen molar-refractivity contribution in [2.24, 2.45) is 0 Å². The molecule has 1 aromatic carbocycles. The van der Waals surface area contributed by atoms with E-state index in [2.05, 4.69) is 20.3 Å². The van der Waals surface area contributed by atoms with Gasteiger partial charge in [0.2, 0.25) is 0 Å². The van der Waals surface area contributed by atoms with Gasteiger partial charge in [0.05, 0.1) is 10.9 Å². The molecule has 6 nitrogen and oxygen atoms in total. The molecule has 1 saturated heterocycles. The van der Waals surface area contributed by atoms with E-state index in [1.54, 1.807) is 22.9 Å². The molecule has 1 saturated carbocycles. The number of aryl methyl sites for hydroxylation is 1. The van der Waals surface area contributed by atoms with Gasteiger partial charge in [-0.15, -0.1) is 5.10 Å². The molecule has 8 heteroatoms. The van der Waals surface area contributed by atoms with E-state index >= 15 is 0 Å². The first-order chi connectivity index (χ1) is 13.1. The lowest BCUT2D eigenvalue weighted by atomic mass is 10.1. The Labute approximate surface area is 160 Å². The standard InChI is InChI=1S/C19H22FN5OS/c1-11-7-12(20)8-15(26)17(11)25-10-16-18(23-25)22-19(27-16)21-13-3-2-6-24(9-13)14-4-5-14/h7-8,10,13-14,26H,2-6,9H2,1H3,(H,21,22,23)/t13-/m1/s1. The van der Waals surface area contributed by atoms with Crippen LogP contribution in [0, 0.1) is 12.7 Å². The molecule has 2 fully saturated rings. The number of likely N-dealkylation sites (tertiary alicyclic amines) is 1. The summed E-state index contributed by atoms with van der Waals surface area (Å²) in [7, 11) is 0. The third kappa shape index (κ3) is 3.27. The van der Waals surface area contributed by atoms with Crippen molar-refractivity contribution in [2.75, 3.05) is 18.4 Å². The molecule has 2 N–H and O–H groups in total. The summed E-state index contributed by atoms with van der Waals surface area (Å²) < 4.78 is 15.9. The number of thiazole rings is 1. The largest absolute Gasteiger partial charge is 0.506 e. The average molecular weight is 387 g/mol. The highest BCUT2D eigenvalue weighted by molar-refractivity contribution is 7.22. The molecule has 1 aliphatic heterocycles. The first-order valence-corrected chi connectivity index (χ1v) is 10.2. The van der Waals surface area contributed by atoms with Crippen LogP contribution in [0.2, 0.25) is 0 Å². The molecule has 0 bridgehead atoms. The summed E-state index contributed by atoms with van der Waals surface area (Å²) in [5, 5.41) is 19.1. The van der Waals surface area contributed by atoms with E-state index in [0.29, 0.717) is 22.9 Å². The zero-order valence-electron chi connectivity index (χ0n) is 15.2. The number of piperidine rings is 1. The van der Waals surface area contributed by atoms with Crippen LogP contribution >= 0.6 is 11.3 Å². The van der Waals surface area contributed by atoms with Crippen molar-refractivity contribution in [2.45, 2.75) is 44.7 Å². The first kappa shape index (κ1) is 16.9. The van der Waals surface area contributed by atoms with E-state index in [4.69, 9.17) is 0 Å². The van der Waals surface area contributed by atoms with Gasteiger partial charge in [0.15, 0.2) is 10.8 Å². The zero-order valence-corrected chi connectivity index (χ0v) is 16.0. The van der Waals surface area contributed by atoms with Gasteiger partial charge in [0, 0.05) is 24.7 Å². The Bertz CT molecular complexity index is 941. The third-order valence-corrected chi connectivity index (χ3v) is 6.30. The fourth-order valence-electron chi connectivity index (χ4n) is 3.98. The van der Waals surface area contributed by atoms with Crippen molar-refractivity contribution in [3.05, 3.63) is 29.7 Å². The maximum atomic E-state index is 13.4. The SMILES string of the molecule is Cc1cc(F)cc(O)c1-n1cc2sc(N[C@@H]3CCCN(C4CC4)C3)nc2n1. The number of phenolic OH excluding ortho intramolecular Hbond substituents is 1. The highest BCUT2D eigenvalue weighted by Gasteiger charge is 2.32. The minimum absolute atomic E-state index is 0.122. The van der Waals surface area contributed by atoms with E-state index in [1.807, 2.05) is 6.20 Å². The number of fused-ring (bicyclic) bond motifs is 1. The van der Waals surface area contributed by atoms with Crippen LogP contribution in [0.4, 0.5) is 9.52 Å². The Hall–Kier alpha value is -2.19. The predicted molar refractivity (Wildman–Crippen MR) is 104 cm³/mol. The number of nitrogens with zero attached hydrogens (tertiary/aromatic N) is 4. The molecule has 3 heterocycles. The van der Waals surface area contributed by atoms with Crippen LogP contribution in [0.1, 0.15) is 31.2 Å². The smallest absolute Gasteiger partial charge is 0.194 e. The molecule has 142 valence electrons. The number of anilines is 1. The van der Waals surface area contributed by atoms with Crippen LogP contribution in [0.15, 0.2) is 18.3 Å². The van der Waals surface area contributed by atoms with Gasteiger partial charge in [-0.3, -0.25) is 4.90 Å². The summed E-state index contributed by atoms with van der Waals surface area (Å²) in [6.07, 6.45) is 6.93. The van der Waals surface area contributed by atoms with Gasteiger partial charge in [-0.1, -0.05) is 11.3 Å². The Morgan fingerprint density at radius 2 is 2.15 bits per heavy atom. The normalized spacial score (nSPS) is 21.0. The fraction of sp³-hybridized carbons (Fsp3) is 0.474. The monoisotopic (exact) mass is 387 g/mol. The Morgan fingerprint density at radius 3 is 2.89 bits per heavy atom. The van der Waals surface area contributed by atoms with Gasteiger partial charge in [-0.25, -0.2) is 9.07 Å². The van der Waals surface area contributed by atoms with Crippen LogP contribution in [0.5, 0.6) is 5.75 Å². The summed E-state index contributed by atoms with van der Waals surface area (Å²) in [6, 6.07) is 3.73. The van der Waals surface area contributed by atoms with Crippen molar-refractivity contribution in [1.82, 2.24) is 19.7 Å². The highest BCUT2D eigenvalue weighted by atomic mass is 32.1. The summed E-state index contributed by atoms with van der Waals surface area (Å²) in [6.45, 7) is 4.06. The lowest BCUT2D eigenvalue weighted by molar-refractivity contribution is 0.207. The number of hydrogen-bond donors (Lipinski definition) is 2. The number of benzene rings is 1. The predicted octanol–water partition coefficient (Wildman–Crippen LogP) is 3.67. The number of hydrogen-bond acceptors (Lipinski definition) is 6. The van der Waals surface area contributed by atoms with E-state index < -0.39 is 5.82 Å². The van der Waals surface area contributed by atoms with Crippen LogP contribution in [-0.2, 0) is 0 Å². The van der Waals surface area contributed by atoms with E-state index in [-0.39, 0.29) is 5.75 Å². The van der Waals surface area contributed by atoms with Crippen molar-refractivity contribution in [3.63, 3.8) is 0 Å². The van der Waals surface area contributed by atoms with Gasteiger partial charge < -0.3 is 10.4 Å². The molecule has 2 aliphatic rings. The molecule has 2 aromatic heterocycles. The number of phenols is 1. The van der Waals surface area contributed by atoms with Crippen molar-refractivity contribution >= 4 is 26.8 Å². The number of halogens is 1. The minimum Gasteiger partial charge on any atom is -0.506 e. The van der Waals surface area contributed by atoms with E-state index in [1.165, 1.54) is 38.3 Å². The number of aromatic hydroxyl groups is 1.